The van der Waals surface area contributed by atoms with Gasteiger partial charge in [0.2, 0.25) is 5.91 Å². The second-order valence-electron chi connectivity index (χ2n) is 4.52. The van der Waals surface area contributed by atoms with E-state index in [0.29, 0.717) is 13.0 Å². The Balaban J connectivity index is 1.92. The molecular formula is C13H17N3O2S. The van der Waals surface area contributed by atoms with Crippen LogP contribution in [0.25, 0.3) is 0 Å². The van der Waals surface area contributed by atoms with Crippen molar-refractivity contribution >= 4 is 23.5 Å². The van der Waals surface area contributed by atoms with E-state index in [0.717, 1.165) is 6.42 Å². The first-order valence-electron chi connectivity index (χ1n) is 6.07. The number of carbonyl (C=O) groups excluding carboxylic acids is 1. The Morgan fingerprint density at radius 1 is 1.58 bits per heavy atom. The Hall–Kier alpha value is -1.69. The number of benzene rings is 1. The second kappa shape index (κ2) is 5.97. The number of hydrogen-bond acceptors (Lipinski definition) is 4. The first kappa shape index (κ1) is 13.7. The van der Waals surface area contributed by atoms with Gasteiger partial charge in [0, 0.05) is 24.9 Å². The minimum absolute atomic E-state index is 0.0605. The number of nitrogens with two attached hydrogens (primary N) is 1. The lowest BCUT2D eigenvalue weighted by molar-refractivity contribution is -0.129. The van der Waals surface area contributed by atoms with Crippen LogP contribution in [-0.4, -0.2) is 40.7 Å². The number of thioether (sulfide) groups is 1. The highest BCUT2D eigenvalue weighted by Gasteiger charge is 2.29. The van der Waals surface area contributed by atoms with Gasteiger partial charge >= 0.3 is 0 Å². The molecule has 1 atom stereocenters. The van der Waals surface area contributed by atoms with Crippen LogP contribution in [0.1, 0.15) is 12.0 Å². The minimum atomic E-state index is -0.0605. The average Bonchev–Trinajstić information content (AvgIpc) is 2.87. The molecule has 3 N–H and O–H groups in total. The number of rotatable bonds is 4. The van der Waals surface area contributed by atoms with E-state index in [4.69, 9.17) is 10.9 Å². The maximum absolute atomic E-state index is 12.3. The number of oxime groups is 1. The summed E-state index contributed by atoms with van der Waals surface area (Å²) in [5.74, 6) is 0.231. The van der Waals surface area contributed by atoms with Gasteiger partial charge in [-0.1, -0.05) is 23.4 Å². The van der Waals surface area contributed by atoms with Crippen LogP contribution in [0, 0.1) is 0 Å². The predicted octanol–water partition coefficient (Wildman–Crippen LogP) is 1.30. The molecular weight excluding hydrogens is 262 g/mol. The van der Waals surface area contributed by atoms with Gasteiger partial charge in [-0.2, -0.15) is 0 Å². The molecule has 1 aliphatic rings. The molecule has 0 spiro atoms. The Morgan fingerprint density at radius 2 is 2.32 bits per heavy atom. The van der Waals surface area contributed by atoms with Crippen molar-refractivity contribution in [3.05, 3.63) is 29.8 Å². The third-order valence-corrected chi connectivity index (χ3v) is 4.44. The van der Waals surface area contributed by atoms with E-state index in [1.165, 1.54) is 10.5 Å². The van der Waals surface area contributed by atoms with E-state index in [-0.39, 0.29) is 17.0 Å². The number of carbonyl (C=O) groups is 1. The Morgan fingerprint density at radius 3 is 3.00 bits per heavy atom. The first-order chi connectivity index (χ1) is 9.11. The van der Waals surface area contributed by atoms with Crippen molar-refractivity contribution in [1.82, 2.24) is 4.90 Å². The van der Waals surface area contributed by atoms with Crippen molar-refractivity contribution in [1.29, 1.82) is 0 Å². The zero-order valence-corrected chi connectivity index (χ0v) is 11.6. The number of fused-ring (bicyclic) bond motifs is 1. The molecule has 0 aliphatic carbocycles. The quantitative estimate of drug-likeness (QED) is 0.377. The van der Waals surface area contributed by atoms with Crippen molar-refractivity contribution in [3.8, 4) is 0 Å². The topological polar surface area (TPSA) is 78.9 Å². The van der Waals surface area contributed by atoms with Crippen molar-refractivity contribution in [2.45, 2.75) is 23.0 Å². The summed E-state index contributed by atoms with van der Waals surface area (Å²) in [6, 6.07) is 8.09. The van der Waals surface area contributed by atoms with Gasteiger partial charge in [0.05, 0.1) is 5.25 Å². The van der Waals surface area contributed by atoms with Crippen LogP contribution < -0.4 is 5.73 Å². The number of amides is 1. The van der Waals surface area contributed by atoms with Crippen molar-refractivity contribution in [2.75, 3.05) is 13.6 Å². The fourth-order valence-electron chi connectivity index (χ4n) is 2.01. The highest BCUT2D eigenvalue weighted by molar-refractivity contribution is 8.01. The summed E-state index contributed by atoms with van der Waals surface area (Å²) >= 11 is 1.61. The molecule has 19 heavy (non-hydrogen) atoms. The predicted molar refractivity (Wildman–Crippen MR) is 75.5 cm³/mol. The van der Waals surface area contributed by atoms with Crippen LogP contribution in [0.3, 0.4) is 0 Å². The van der Waals surface area contributed by atoms with Gasteiger partial charge < -0.3 is 15.8 Å². The van der Waals surface area contributed by atoms with Gasteiger partial charge in [-0.25, -0.2) is 0 Å². The highest BCUT2D eigenvalue weighted by Crippen LogP contribution is 2.37. The molecule has 0 fully saturated rings. The average molecular weight is 279 g/mol. The molecule has 6 heteroatoms. The van der Waals surface area contributed by atoms with E-state index in [1.54, 1.807) is 23.7 Å². The molecule has 1 heterocycles. The molecule has 1 unspecified atom stereocenters. The van der Waals surface area contributed by atoms with Crippen LogP contribution >= 0.6 is 11.8 Å². The summed E-state index contributed by atoms with van der Waals surface area (Å²) in [7, 11) is 1.75. The largest absolute Gasteiger partial charge is 0.409 e. The van der Waals surface area contributed by atoms with Gasteiger partial charge in [0.15, 0.2) is 0 Å². The van der Waals surface area contributed by atoms with E-state index < -0.39 is 0 Å². The second-order valence-corrected chi connectivity index (χ2v) is 5.76. The van der Waals surface area contributed by atoms with E-state index in [1.807, 2.05) is 18.2 Å². The maximum Gasteiger partial charge on any atom is 0.236 e. The Labute approximate surface area is 116 Å². The van der Waals surface area contributed by atoms with Crippen LogP contribution in [-0.2, 0) is 11.2 Å². The zero-order chi connectivity index (χ0) is 13.8. The fraction of sp³-hybridized carbons (Fsp3) is 0.385. The van der Waals surface area contributed by atoms with Gasteiger partial charge in [-0.3, -0.25) is 4.79 Å². The molecule has 0 bridgehead atoms. The summed E-state index contributed by atoms with van der Waals surface area (Å²) in [6.45, 7) is 0.460. The zero-order valence-electron chi connectivity index (χ0n) is 10.7. The van der Waals surface area contributed by atoms with Crippen LogP contribution in [0.4, 0.5) is 0 Å². The molecule has 1 aromatic carbocycles. The smallest absolute Gasteiger partial charge is 0.236 e. The lowest BCUT2D eigenvalue weighted by Gasteiger charge is -2.20. The van der Waals surface area contributed by atoms with Gasteiger partial charge in [0.1, 0.15) is 5.84 Å². The lowest BCUT2D eigenvalue weighted by Crippen LogP contribution is -2.36. The molecule has 2 rings (SSSR count). The van der Waals surface area contributed by atoms with Gasteiger partial charge in [-0.05, 0) is 18.1 Å². The molecule has 1 aromatic rings. The molecule has 0 aromatic heterocycles. The van der Waals surface area contributed by atoms with E-state index in [9.17, 15) is 4.79 Å². The molecule has 102 valence electrons. The molecule has 1 aliphatic heterocycles. The third-order valence-electron chi connectivity index (χ3n) is 3.13. The molecule has 1 amide bonds. The summed E-state index contributed by atoms with van der Waals surface area (Å²) in [5.41, 5.74) is 6.63. The lowest BCUT2D eigenvalue weighted by atomic mass is 10.1. The minimum Gasteiger partial charge on any atom is -0.409 e. The van der Waals surface area contributed by atoms with Crippen molar-refractivity contribution < 1.29 is 10.0 Å². The molecule has 0 saturated heterocycles. The normalized spacial score (nSPS) is 18.2. The third kappa shape index (κ3) is 3.20. The van der Waals surface area contributed by atoms with Crippen molar-refractivity contribution in [3.63, 3.8) is 0 Å². The number of amidine groups is 1. The summed E-state index contributed by atoms with van der Waals surface area (Å²) in [5, 5.41) is 11.3. The molecule has 0 saturated carbocycles. The van der Waals surface area contributed by atoms with Gasteiger partial charge in [-0.15, -0.1) is 11.8 Å². The van der Waals surface area contributed by atoms with E-state index >= 15 is 0 Å². The summed E-state index contributed by atoms with van der Waals surface area (Å²) in [4.78, 5) is 15.1. The van der Waals surface area contributed by atoms with E-state index in [2.05, 4.69) is 11.2 Å². The first-order valence-corrected chi connectivity index (χ1v) is 6.95. The number of hydrogen-bond donors (Lipinski definition) is 2. The molecule has 0 radical (unpaired) electrons. The summed E-state index contributed by atoms with van der Waals surface area (Å²) in [6.07, 6.45) is 1.15. The molecule has 5 nitrogen and oxygen atoms in total. The Kier molecular flexibility index (Phi) is 4.31. The number of nitrogens with zero attached hydrogens (tertiary/aromatic N) is 2. The standard InChI is InChI=1S/C13H17N3O2S/c1-16(7-6-12(14)15-18)13(17)11-8-9-4-2-3-5-10(9)19-11/h2-5,11,18H,6-8H2,1H3,(H2,14,15). The van der Waals surface area contributed by atoms with Crippen LogP contribution in [0.5, 0.6) is 0 Å². The highest BCUT2D eigenvalue weighted by atomic mass is 32.2. The Bertz CT molecular complexity index is 479. The monoisotopic (exact) mass is 279 g/mol. The fourth-order valence-corrected chi connectivity index (χ4v) is 3.32. The van der Waals surface area contributed by atoms with Crippen LogP contribution in [0.15, 0.2) is 34.3 Å². The van der Waals surface area contributed by atoms with Crippen LogP contribution in [0.2, 0.25) is 0 Å². The summed E-state index contributed by atoms with van der Waals surface area (Å²) < 4.78 is 0. The van der Waals surface area contributed by atoms with Gasteiger partial charge in [0.25, 0.3) is 0 Å². The van der Waals surface area contributed by atoms with Crippen molar-refractivity contribution in [2.24, 2.45) is 10.9 Å². The maximum atomic E-state index is 12.3. The SMILES string of the molecule is CN(CCC(N)=NO)C(=O)C1Cc2ccccc2S1.